The van der Waals surface area contributed by atoms with Crippen LogP contribution in [0.25, 0.3) is 6.08 Å². The molecule has 4 aromatic rings. The zero-order valence-corrected chi connectivity index (χ0v) is 22.4. The smallest absolute Gasteiger partial charge is 0.238 e. The number of hydrogen-bond acceptors (Lipinski definition) is 6. The maximum atomic E-state index is 14.8. The lowest BCUT2D eigenvalue weighted by molar-refractivity contribution is -0.122. The average molecular weight is 552 g/mol. The topological polar surface area (TPSA) is 99.5 Å². The first-order valence-corrected chi connectivity index (χ1v) is 13.7. The van der Waals surface area contributed by atoms with Gasteiger partial charge in [-0.1, -0.05) is 84.9 Å². The van der Waals surface area contributed by atoms with Gasteiger partial charge in [0.2, 0.25) is 5.91 Å². The van der Waals surface area contributed by atoms with Crippen LogP contribution in [0.2, 0.25) is 0 Å². The van der Waals surface area contributed by atoms with E-state index in [0.717, 1.165) is 11.1 Å². The summed E-state index contributed by atoms with van der Waals surface area (Å²) in [6.07, 6.45) is 3.76. The van der Waals surface area contributed by atoms with Gasteiger partial charge >= 0.3 is 0 Å². The molecule has 1 N–H and O–H groups in total. The van der Waals surface area contributed by atoms with E-state index in [4.69, 9.17) is 10.00 Å². The summed E-state index contributed by atoms with van der Waals surface area (Å²) in [4.78, 5) is 45.9. The first-order valence-electron chi connectivity index (χ1n) is 13.7. The number of nitrogens with zero attached hydrogens (tertiary/aromatic N) is 2. The highest BCUT2D eigenvalue weighted by Crippen LogP contribution is 2.62. The summed E-state index contributed by atoms with van der Waals surface area (Å²) in [5.41, 5.74) is 2.36. The highest BCUT2D eigenvalue weighted by atomic mass is 16.5. The summed E-state index contributed by atoms with van der Waals surface area (Å²) in [5.74, 6) is -1.80. The van der Waals surface area contributed by atoms with Crippen LogP contribution >= 0.6 is 0 Å². The van der Waals surface area contributed by atoms with E-state index in [1.165, 1.54) is 0 Å². The summed E-state index contributed by atoms with van der Waals surface area (Å²) >= 11 is 0. The molecule has 204 valence electrons. The number of nitrogens with one attached hydrogen (secondary N) is 1. The van der Waals surface area contributed by atoms with E-state index in [2.05, 4.69) is 5.32 Å². The Balaban J connectivity index is 1.52. The largest absolute Gasteiger partial charge is 0.478 e. The van der Waals surface area contributed by atoms with Crippen LogP contribution in [-0.2, 0) is 10.2 Å². The van der Waals surface area contributed by atoms with Crippen molar-refractivity contribution in [1.29, 1.82) is 5.26 Å². The molecule has 0 saturated carbocycles. The third-order valence-electron chi connectivity index (χ3n) is 8.62. The number of anilines is 1. The summed E-state index contributed by atoms with van der Waals surface area (Å²) in [6, 6.07) is 31.0. The summed E-state index contributed by atoms with van der Waals surface area (Å²) in [6.45, 7) is -0.235. The van der Waals surface area contributed by atoms with Crippen LogP contribution in [0.3, 0.4) is 0 Å². The molecule has 1 spiro atoms. The van der Waals surface area contributed by atoms with Crippen LogP contribution in [-0.4, -0.2) is 35.0 Å². The molecule has 42 heavy (non-hydrogen) atoms. The van der Waals surface area contributed by atoms with Crippen molar-refractivity contribution in [3.05, 3.63) is 137 Å². The number of benzene rings is 4. The molecule has 7 heteroatoms. The molecule has 0 aliphatic carbocycles. The van der Waals surface area contributed by atoms with Gasteiger partial charge in [-0.15, -0.1) is 0 Å². The Labute approximate surface area is 242 Å². The number of carbonyl (C=O) groups is 3. The fourth-order valence-electron chi connectivity index (χ4n) is 7.02. The molecular weight excluding hydrogens is 526 g/mol. The van der Waals surface area contributed by atoms with E-state index in [0.29, 0.717) is 16.8 Å². The van der Waals surface area contributed by atoms with Crippen molar-refractivity contribution >= 4 is 29.2 Å². The first kappa shape index (κ1) is 25.5. The molecule has 4 atom stereocenters. The number of carbonyl (C=O) groups excluding carboxylic acids is 3. The van der Waals surface area contributed by atoms with Crippen LogP contribution in [0.1, 0.15) is 43.4 Å². The van der Waals surface area contributed by atoms with Gasteiger partial charge in [-0.25, -0.2) is 0 Å². The molecule has 7 rings (SSSR count). The van der Waals surface area contributed by atoms with Crippen molar-refractivity contribution < 1.29 is 19.1 Å². The summed E-state index contributed by atoms with van der Waals surface area (Å²) in [5, 5.41) is 12.2. The second-order valence-electron chi connectivity index (χ2n) is 10.6. The minimum atomic E-state index is -1.41. The van der Waals surface area contributed by atoms with Gasteiger partial charge in [0.1, 0.15) is 23.3 Å². The Morgan fingerprint density at radius 2 is 1.60 bits per heavy atom. The molecular formula is C35H25N3O4. The molecule has 1 fully saturated rings. The van der Waals surface area contributed by atoms with Crippen molar-refractivity contribution in [2.45, 2.75) is 17.5 Å². The zero-order chi connectivity index (χ0) is 28.8. The number of nitriles is 1. The predicted molar refractivity (Wildman–Crippen MR) is 157 cm³/mol. The molecule has 1 saturated heterocycles. The number of ether oxygens (including phenoxy) is 1. The lowest BCUT2D eigenvalue weighted by atomic mass is 9.62. The fourth-order valence-corrected chi connectivity index (χ4v) is 7.02. The van der Waals surface area contributed by atoms with Crippen LogP contribution in [0.4, 0.5) is 5.69 Å². The normalized spacial score (nSPS) is 23.0. The number of rotatable bonds is 6. The summed E-state index contributed by atoms with van der Waals surface area (Å²) < 4.78 is 5.65. The number of para-hydroxylation sites is 2. The Bertz CT molecular complexity index is 1830. The maximum absolute atomic E-state index is 14.8. The quantitative estimate of drug-likeness (QED) is 0.315. The van der Waals surface area contributed by atoms with Crippen LogP contribution in [0.5, 0.6) is 5.75 Å². The van der Waals surface area contributed by atoms with Gasteiger partial charge in [-0.05, 0) is 41.0 Å². The SMILES string of the molecule is N#CCOc1ccccc1C(=O)[C@H]1[C@@H](C(=O)c2ccccc2)[C@@]2(C(=O)Nc3ccccc32)[C@H]2c3ccccc3C=CN12. The van der Waals surface area contributed by atoms with Gasteiger partial charge in [0.25, 0.3) is 0 Å². The van der Waals surface area contributed by atoms with Crippen molar-refractivity contribution in [2.75, 3.05) is 11.9 Å². The zero-order valence-electron chi connectivity index (χ0n) is 22.4. The first-order chi connectivity index (χ1) is 20.6. The van der Waals surface area contributed by atoms with Crippen LogP contribution in [0, 0.1) is 17.2 Å². The van der Waals surface area contributed by atoms with E-state index in [-0.39, 0.29) is 35.4 Å². The third kappa shape index (κ3) is 3.55. The number of ketones is 2. The second kappa shape index (κ2) is 9.86. The maximum Gasteiger partial charge on any atom is 0.238 e. The Hall–Kier alpha value is -5.48. The van der Waals surface area contributed by atoms with Gasteiger partial charge < -0.3 is 15.0 Å². The number of fused-ring (bicyclic) bond motifs is 6. The van der Waals surface area contributed by atoms with E-state index in [1.807, 2.05) is 77.8 Å². The third-order valence-corrected chi connectivity index (χ3v) is 8.62. The molecule has 3 aliphatic heterocycles. The van der Waals surface area contributed by atoms with Crippen molar-refractivity contribution in [3.8, 4) is 11.8 Å². The minimum Gasteiger partial charge on any atom is -0.478 e. The van der Waals surface area contributed by atoms with E-state index >= 15 is 0 Å². The lowest BCUT2D eigenvalue weighted by Gasteiger charge is -2.38. The molecule has 7 nitrogen and oxygen atoms in total. The monoisotopic (exact) mass is 551 g/mol. The lowest BCUT2D eigenvalue weighted by Crippen LogP contribution is -2.49. The van der Waals surface area contributed by atoms with Crippen molar-refractivity contribution in [2.24, 2.45) is 5.92 Å². The fraction of sp³-hybridized carbons (Fsp3) is 0.143. The highest BCUT2D eigenvalue weighted by molar-refractivity contribution is 6.17. The Morgan fingerprint density at radius 3 is 2.43 bits per heavy atom. The molecule has 0 radical (unpaired) electrons. The standard InChI is InChI=1S/C35H25N3O4/c36-19-21-42-28-17-9-6-14-25(28)32(40)30-29(31(39)23-11-2-1-3-12-23)35(26-15-7-8-16-27(26)37-34(35)41)33-24-13-5-4-10-22(24)18-20-38(30)33/h1-18,20,29-30,33H,21H2,(H,37,41)/t29-,30+,33+,35+/m0/s1. The van der Waals surface area contributed by atoms with E-state index in [9.17, 15) is 14.4 Å². The van der Waals surface area contributed by atoms with Gasteiger partial charge in [0.15, 0.2) is 18.2 Å². The average Bonchev–Trinajstić information content (AvgIpc) is 3.52. The number of amides is 1. The van der Waals surface area contributed by atoms with E-state index < -0.39 is 23.4 Å². The van der Waals surface area contributed by atoms with Gasteiger partial charge in [-0.2, -0.15) is 5.26 Å². The minimum absolute atomic E-state index is 0.235. The summed E-state index contributed by atoms with van der Waals surface area (Å²) in [7, 11) is 0. The molecule has 3 aliphatic rings. The molecule has 0 bridgehead atoms. The number of Topliss-reactive ketones (excluding diaryl/α,β-unsaturated/α-hetero) is 2. The molecule has 3 heterocycles. The molecule has 4 aromatic carbocycles. The van der Waals surface area contributed by atoms with E-state index in [1.54, 1.807) is 48.5 Å². The van der Waals surface area contributed by atoms with Crippen LogP contribution in [0.15, 0.2) is 109 Å². The molecule has 0 unspecified atom stereocenters. The predicted octanol–water partition coefficient (Wildman–Crippen LogP) is 5.57. The Morgan fingerprint density at radius 1 is 0.881 bits per heavy atom. The van der Waals surface area contributed by atoms with Gasteiger partial charge in [0.05, 0.1) is 17.5 Å². The Kier molecular flexibility index (Phi) is 5.98. The molecule has 0 aromatic heterocycles. The van der Waals surface area contributed by atoms with Crippen LogP contribution < -0.4 is 10.1 Å². The van der Waals surface area contributed by atoms with Crippen molar-refractivity contribution in [3.63, 3.8) is 0 Å². The highest BCUT2D eigenvalue weighted by Gasteiger charge is 2.70. The molecule has 1 amide bonds. The van der Waals surface area contributed by atoms with Gasteiger partial charge in [0, 0.05) is 17.5 Å². The number of hydrogen-bond donors (Lipinski definition) is 1. The second-order valence-corrected chi connectivity index (χ2v) is 10.6. The van der Waals surface area contributed by atoms with Gasteiger partial charge in [-0.3, -0.25) is 14.4 Å². The van der Waals surface area contributed by atoms with Crippen molar-refractivity contribution in [1.82, 2.24) is 4.90 Å².